The molecule has 2 aromatic carbocycles. The van der Waals surface area contributed by atoms with Crippen LogP contribution in [0.4, 0.5) is 0 Å². The molecule has 1 unspecified atom stereocenters. The average Bonchev–Trinajstić information content (AvgIpc) is 2.41. The van der Waals surface area contributed by atoms with Gasteiger partial charge in [0.2, 0.25) is 0 Å². The summed E-state index contributed by atoms with van der Waals surface area (Å²) in [7, 11) is 3.67. The van der Waals surface area contributed by atoms with Gasteiger partial charge in [-0.1, -0.05) is 48.5 Å². The Morgan fingerprint density at radius 2 is 1.59 bits per heavy atom. The molecular weight excluding hydrogens is 210 g/mol. The van der Waals surface area contributed by atoms with Gasteiger partial charge in [-0.15, -0.1) is 0 Å². The zero-order valence-corrected chi connectivity index (χ0v) is 10.2. The molecule has 0 fully saturated rings. The van der Waals surface area contributed by atoms with Gasteiger partial charge in [0, 0.05) is 5.56 Å². The number of ether oxygens (including phenoxy) is 1. The first-order valence-corrected chi connectivity index (χ1v) is 5.72. The minimum atomic E-state index is 0.160. The van der Waals surface area contributed by atoms with E-state index in [1.54, 1.807) is 7.11 Å². The number of benzene rings is 2. The predicted molar refractivity (Wildman–Crippen MR) is 70.3 cm³/mol. The summed E-state index contributed by atoms with van der Waals surface area (Å²) in [6, 6.07) is 18.6. The van der Waals surface area contributed by atoms with Crippen LogP contribution in [0.25, 0.3) is 0 Å². The van der Waals surface area contributed by atoms with E-state index in [9.17, 15) is 0 Å². The van der Waals surface area contributed by atoms with E-state index >= 15 is 0 Å². The summed E-state index contributed by atoms with van der Waals surface area (Å²) in [5.74, 6) is 0.913. The monoisotopic (exact) mass is 227 g/mol. The van der Waals surface area contributed by atoms with Crippen molar-refractivity contribution >= 4 is 0 Å². The lowest BCUT2D eigenvalue weighted by Crippen LogP contribution is -2.18. The topological polar surface area (TPSA) is 21.3 Å². The summed E-state index contributed by atoms with van der Waals surface area (Å²) in [6.45, 7) is 0. The van der Waals surface area contributed by atoms with Crippen LogP contribution in [-0.4, -0.2) is 14.2 Å². The molecule has 1 N–H and O–H groups in total. The van der Waals surface area contributed by atoms with E-state index in [1.807, 2.05) is 31.3 Å². The van der Waals surface area contributed by atoms with Crippen molar-refractivity contribution in [3.05, 3.63) is 65.7 Å². The number of para-hydroxylation sites is 1. The number of hydrogen-bond donors (Lipinski definition) is 1. The van der Waals surface area contributed by atoms with Gasteiger partial charge in [0.15, 0.2) is 0 Å². The molecule has 1 atom stereocenters. The van der Waals surface area contributed by atoms with Crippen LogP contribution in [0.5, 0.6) is 5.75 Å². The van der Waals surface area contributed by atoms with Crippen molar-refractivity contribution in [2.45, 2.75) is 6.04 Å². The summed E-state index contributed by atoms with van der Waals surface area (Å²) < 4.78 is 5.41. The Bertz CT molecular complexity index is 467. The highest BCUT2D eigenvalue weighted by atomic mass is 16.5. The first kappa shape index (κ1) is 11.7. The van der Waals surface area contributed by atoms with Gasteiger partial charge in [-0.25, -0.2) is 0 Å². The average molecular weight is 227 g/mol. The SMILES string of the molecule is CNC(c1ccccc1)c1ccccc1OC. The minimum Gasteiger partial charge on any atom is -0.496 e. The third-order valence-electron chi connectivity index (χ3n) is 2.87. The van der Waals surface area contributed by atoms with Crippen LogP contribution in [0.1, 0.15) is 17.2 Å². The van der Waals surface area contributed by atoms with Crippen LogP contribution in [0.2, 0.25) is 0 Å². The Morgan fingerprint density at radius 3 is 2.24 bits per heavy atom. The maximum absolute atomic E-state index is 5.41. The molecule has 0 heterocycles. The fourth-order valence-electron chi connectivity index (χ4n) is 2.05. The van der Waals surface area contributed by atoms with E-state index in [0.717, 1.165) is 11.3 Å². The molecular formula is C15H17NO. The van der Waals surface area contributed by atoms with Crippen LogP contribution < -0.4 is 10.1 Å². The molecule has 0 aliphatic carbocycles. The normalized spacial score (nSPS) is 12.1. The van der Waals surface area contributed by atoms with Crippen molar-refractivity contribution in [3.63, 3.8) is 0 Å². The summed E-state index contributed by atoms with van der Waals surface area (Å²) in [6.07, 6.45) is 0. The Morgan fingerprint density at radius 1 is 0.941 bits per heavy atom. The van der Waals surface area contributed by atoms with Crippen LogP contribution in [0, 0.1) is 0 Å². The molecule has 2 rings (SSSR count). The van der Waals surface area contributed by atoms with E-state index < -0.39 is 0 Å². The van der Waals surface area contributed by atoms with Gasteiger partial charge in [0.05, 0.1) is 13.2 Å². The smallest absolute Gasteiger partial charge is 0.123 e. The van der Waals surface area contributed by atoms with E-state index in [1.165, 1.54) is 5.56 Å². The molecule has 0 spiro atoms. The molecule has 2 nitrogen and oxygen atoms in total. The minimum absolute atomic E-state index is 0.160. The Labute approximate surface area is 102 Å². The van der Waals surface area contributed by atoms with Crippen molar-refractivity contribution < 1.29 is 4.74 Å². The predicted octanol–water partition coefficient (Wildman–Crippen LogP) is 3.00. The van der Waals surface area contributed by atoms with E-state index in [0.29, 0.717) is 0 Å². The van der Waals surface area contributed by atoms with Crippen molar-refractivity contribution in [3.8, 4) is 5.75 Å². The van der Waals surface area contributed by atoms with Gasteiger partial charge < -0.3 is 10.1 Å². The highest BCUT2D eigenvalue weighted by Gasteiger charge is 2.15. The highest BCUT2D eigenvalue weighted by molar-refractivity contribution is 5.41. The van der Waals surface area contributed by atoms with Gasteiger partial charge in [0.25, 0.3) is 0 Å². The standard InChI is InChI=1S/C15H17NO/c1-16-15(12-8-4-3-5-9-12)13-10-6-7-11-14(13)17-2/h3-11,15-16H,1-2H3. The first-order valence-electron chi connectivity index (χ1n) is 5.72. The second-order valence-electron chi connectivity index (χ2n) is 3.87. The highest BCUT2D eigenvalue weighted by Crippen LogP contribution is 2.29. The number of rotatable bonds is 4. The third-order valence-corrected chi connectivity index (χ3v) is 2.87. The lowest BCUT2D eigenvalue weighted by Gasteiger charge is -2.19. The fourth-order valence-corrected chi connectivity index (χ4v) is 2.05. The van der Waals surface area contributed by atoms with Gasteiger partial charge in [-0.3, -0.25) is 0 Å². The Balaban J connectivity index is 2.42. The quantitative estimate of drug-likeness (QED) is 0.867. The zero-order chi connectivity index (χ0) is 12.1. The molecule has 0 saturated carbocycles. The van der Waals surface area contributed by atoms with Crippen LogP contribution in [0.3, 0.4) is 0 Å². The Hall–Kier alpha value is -1.80. The molecule has 2 aromatic rings. The molecule has 17 heavy (non-hydrogen) atoms. The molecule has 0 saturated heterocycles. The summed E-state index contributed by atoms with van der Waals surface area (Å²) in [4.78, 5) is 0. The van der Waals surface area contributed by atoms with E-state index in [4.69, 9.17) is 4.74 Å². The van der Waals surface area contributed by atoms with Crippen LogP contribution in [0.15, 0.2) is 54.6 Å². The molecule has 88 valence electrons. The number of methoxy groups -OCH3 is 1. The molecule has 0 radical (unpaired) electrons. The van der Waals surface area contributed by atoms with Gasteiger partial charge >= 0.3 is 0 Å². The lowest BCUT2D eigenvalue weighted by atomic mass is 9.98. The molecule has 0 amide bonds. The summed E-state index contributed by atoms with van der Waals surface area (Å²) in [5, 5.41) is 3.33. The molecule has 2 heteroatoms. The fraction of sp³-hybridized carbons (Fsp3) is 0.200. The van der Waals surface area contributed by atoms with Crippen molar-refractivity contribution in [2.75, 3.05) is 14.2 Å². The van der Waals surface area contributed by atoms with Crippen LogP contribution in [-0.2, 0) is 0 Å². The third kappa shape index (κ3) is 2.48. The van der Waals surface area contributed by atoms with Gasteiger partial charge in [-0.2, -0.15) is 0 Å². The molecule has 0 aliphatic heterocycles. The van der Waals surface area contributed by atoms with Crippen molar-refractivity contribution in [1.82, 2.24) is 5.32 Å². The summed E-state index contributed by atoms with van der Waals surface area (Å²) >= 11 is 0. The number of nitrogens with one attached hydrogen (secondary N) is 1. The largest absolute Gasteiger partial charge is 0.496 e. The van der Waals surface area contributed by atoms with E-state index in [-0.39, 0.29) is 6.04 Å². The molecule has 0 aliphatic rings. The van der Waals surface area contributed by atoms with Gasteiger partial charge in [0.1, 0.15) is 5.75 Å². The maximum Gasteiger partial charge on any atom is 0.123 e. The first-order chi connectivity index (χ1) is 8.36. The van der Waals surface area contributed by atoms with Crippen molar-refractivity contribution in [2.24, 2.45) is 0 Å². The molecule has 0 aromatic heterocycles. The maximum atomic E-state index is 5.41. The van der Waals surface area contributed by atoms with E-state index in [2.05, 4.69) is 35.6 Å². The Kier molecular flexibility index (Phi) is 3.78. The van der Waals surface area contributed by atoms with Crippen LogP contribution >= 0.6 is 0 Å². The van der Waals surface area contributed by atoms with Crippen molar-refractivity contribution in [1.29, 1.82) is 0 Å². The van der Waals surface area contributed by atoms with Gasteiger partial charge in [-0.05, 0) is 18.7 Å². The zero-order valence-electron chi connectivity index (χ0n) is 10.2. The lowest BCUT2D eigenvalue weighted by molar-refractivity contribution is 0.405. The number of hydrogen-bond acceptors (Lipinski definition) is 2. The second-order valence-corrected chi connectivity index (χ2v) is 3.87. The second kappa shape index (κ2) is 5.51. The summed E-state index contributed by atoms with van der Waals surface area (Å²) in [5.41, 5.74) is 2.39. The molecule has 0 bridgehead atoms.